The van der Waals surface area contributed by atoms with Gasteiger partial charge in [0.1, 0.15) is 5.65 Å². The second-order valence-corrected chi connectivity index (χ2v) is 5.40. The highest BCUT2D eigenvalue weighted by atomic mass is 16.1. The van der Waals surface area contributed by atoms with Crippen molar-refractivity contribution in [1.29, 1.82) is 5.41 Å². The number of nitrogens with zero attached hydrogens (tertiary/aromatic N) is 4. The number of pyridine rings is 1. The van der Waals surface area contributed by atoms with Crippen molar-refractivity contribution >= 4 is 33.8 Å². The lowest BCUT2D eigenvalue weighted by atomic mass is 10.2. The van der Waals surface area contributed by atoms with E-state index in [2.05, 4.69) is 20.5 Å². The molecule has 4 rings (SSSR count). The van der Waals surface area contributed by atoms with Gasteiger partial charge in [0.15, 0.2) is 5.96 Å². The average molecular weight is 331 g/mol. The molecule has 0 radical (unpaired) electrons. The zero-order chi connectivity index (χ0) is 17.4. The number of rotatable bonds is 2. The maximum atomic E-state index is 12.4. The van der Waals surface area contributed by atoms with Gasteiger partial charge in [-0.25, -0.2) is 4.98 Å². The number of nitrogens with one attached hydrogen (secondary N) is 2. The molecule has 8 heteroatoms. The van der Waals surface area contributed by atoms with Gasteiger partial charge in [0, 0.05) is 23.2 Å². The molecule has 3 aromatic heterocycles. The number of fused-ring (bicyclic) bond motifs is 2. The van der Waals surface area contributed by atoms with Crippen LogP contribution < -0.4 is 11.1 Å². The lowest BCUT2D eigenvalue weighted by molar-refractivity contribution is 0.0978. The molecule has 0 aliphatic carbocycles. The second-order valence-electron chi connectivity index (χ2n) is 5.40. The third-order valence-electron chi connectivity index (χ3n) is 3.84. The minimum absolute atomic E-state index is 0.374. The first kappa shape index (κ1) is 14.8. The number of benzene rings is 1. The third kappa shape index (κ3) is 2.45. The van der Waals surface area contributed by atoms with Crippen LogP contribution in [0.5, 0.6) is 0 Å². The number of guanidine groups is 1. The molecular formula is C17H13N7O. The summed E-state index contributed by atoms with van der Waals surface area (Å²) in [5.74, 6) is -0.874. The Morgan fingerprint density at radius 3 is 2.80 bits per heavy atom. The molecule has 8 nitrogen and oxygen atoms in total. The molecule has 0 atom stereocenters. The predicted molar refractivity (Wildman–Crippen MR) is 93.5 cm³/mol. The first-order chi connectivity index (χ1) is 12.1. The molecule has 1 aromatic carbocycles. The number of nitrogens with two attached hydrogens (primary N) is 1. The summed E-state index contributed by atoms with van der Waals surface area (Å²) < 4.78 is 1.79. The smallest absolute Gasteiger partial charge is 0.260 e. The highest BCUT2D eigenvalue weighted by Gasteiger charge is 2.18. The van der Waals surface area contributed by atoms with Crippen LogP contribution in [0, 0.1) is 5.41 Å². The van der Waals surface area contributed by atoms with Gasteiger partial charge in [-0.2, -0.15) is 10.2 Å². The number of hydrogen-bond donors (Lipinski definition) is 3. The summed E-state index contributed by atoms with van der Waals surface area (Å²) in [5, 5.41) is 19.3. The van der Waals surface area contributed by atoms with Crippen LogP contribution >= 0.6 is 0 Å². The van der Waals surface area contributed by atoms with Gasteiger partial charge < -0.3 is 5.73 Å². The maximum absolute atomic E-state index is 12.4. The van der Waals surface area contributed by atoms with Crippen LogP contribution in [0.15, 0.2) is 55.0 Å². The number of hydrogen-bond acceptors (Lipinski definition) is 5. The molecule has 0 unspecified atom stereocenters. The molecule has 1 amide bonds. The Balaban J connectivity index is 1.99. The van der Waals surface area contributed by atoms with Gasteiger partial charge >= 0.3 is 0 Å². The normalized spacial score (nSPS) is 10.9. The van der Waals surface area contributed by atoms with Crippen molar-refractivity contribution in [1.82, 2.24) is 25.1 Å². The van der Waals surface area contributed by atoms with E-state index in [1.54, 1.807) is 35.3 Å². The monoisotopic (exact) mass is 331 g/mol. The van der Waals surface area contributed by atoms with E-state index in [-0.39, 0.29) is 0 Å². The van der Waals surface area contributed by atoms with Gasteiger partial charge in [0.05, 0.1) is 23.0 Å². The molecule has 0 saturated heterocycles. The molecule has 0 spiro atoms. The van der Waals surface area contributed by atoms with Crippen molar-refractivity contribution < 1.29 is 4.79 Å². The average Bonchev–Trinajstić information content (AvgIpc) is 3.00. The van der Waals surface area contributed by atoms with Gasteiger partial charge in [-0.05, 0) is 18.2 Å². The molecule has 0 aliphatic rings. The van der Waals surface area contributed by atoms with Crippen LogP contribution in [0.1, 0.15) is 10.4 Å². The van der Waals surface area contributed by atoms with Crippen LogP contribution in [0.25, 0.3) is 27.6 Å². The second kappa shape index (κ2) is 5.68. The Labute approximate surface area is 141 Å². The zero-order valence-corrected chi connectivity index (χ0v) is 13.0. The fourth-order valence-corrected chi connectivity index (χ4v) is 2.80. The Kier molecular flexibility index (Phi) is 3.35. The molecular weight excluding hydrogens is 318 g/mol. The van der Waals surface area contributed by atoms with E-state index in [9.17, 15) is 4.79 Å². The van der Waals surface area contributed by atoms with Gasteiger partial charge in [-0.3, -0.25) is 20.1 Å². The summed E-state index contributed by atoms with van der Waals surface area (Å²) in [5.41, 5.74) is 7.76. The Bertz CT molecular complexity index is 1130. The highest BCUT2D eigenvalue weighted by molar-refractivity contribution is 6.12. The summed E-state index contributed by atoms with van der Waals surface area (Å²) >= 11 is 0. The van der Waals surface area contributed by atoms with Crippen LogP contribution in [0.3, 0.4) is 0 Å². The third-order valence-corrected chi connectivity index (χ3v) is 3.84. The van der Waals surface area contributed by atoms with E-state index in [0.717, 1.165) is 16.6 Å². The Morgan fingerprint density at radius 2 is 1.96 bits per heavy atom. The standard InChI is InChI=1S/C17H13N7O/c18-17(19)22-16(25)12-9-24(15-10(12)5-3-7-20-15)14-8-21-23-13-6-2-1-4-11(13)14/h1-9H,(H4,18,19,22,25). The van der Waals surface area contributed by atoms with Crippen LogP contribution in [0.2, 0.25) is 0 Å². The Hall–Kier alpha value is -3.81. The van der Waals surface area contributed by atoms with Crippen molar-refractivity contribution in [2.75, 3.05) is 0 Å². The fraction of sp³-hybridized carbons (Fsp3) is 0. The van der Waals surface area contributed by atoms with E-state index < -0.39 is 11.9 Å². The molecule has 4 N–H and O–H groups in total. The topological polar surface area (TPSA) is 123 Å². The number of amides is 1. The molecule has 0 aliphatic heterocycles. The number of carbonyl (C=O) groups is 1. The van der Waals surface area contributed by atoms with E-state index in [1.165, 1.54) is 0 Å². The highest BCUT2D eigenvalue weighted by Crippen LogP contribution is 2.26. The van der Waals surface area contributed by atoms with Crippen molar-refractivity contribution in [3.8, 4) is 5.69 Å². The first-order valence-electron chi connectivity index (χ1n) is 7.47. The van der Waals surface area contributed by atoms with E-state index in [1.807, 2.05) is 24.3 Å². The predicted octanol–water partition coefficient (Wildman–Crippen LogP) is 1.59. The molecule has 0 fully saturated rings. The molecule has 4 aromatic rings. The van der Waals surface area contributed by atoms with Crippen LogP contribution in [-0.4, -0.2) is 31.6 Å². The van der Waals surface area contributed by atoms with Gasteiger partial charge in [-0.1, -0.05) is 18.2 Å². The van der Waals surface area contributed by atoms with Crippen molar-refractivity contribution in [2.24, 2.45) is 5.73 Å². The van der Waals surface area contributed by atoms with Gasteiger partial charge in [-0.15, -0.1) is 0 Å². The molecule has 3 heterocycles. The lowest BCUT2D eigenvalue weighted by Gasteiger charge is -2.07. The molecule has 122 valence electrons. The Morgan fingerprint density at radius 1 is 1.16 bits per heavy atom. The van der Waals surface area contributed by atoms with Gasteiger partial charge in [0.2, 0.25) is 0 Å². The quantitative estimate of drug-likeness (QED) is 0.380. The molecule has 0 bridgehead atoms. The van der Waals surface area contributed by atoms with E-state index in [4.69, 9.17) is 11.1 Å². The first-order valence-corrected chi connectivity index (χ1v) is 7.47. The summed E-state index contributed by atoms with van der Waals surface area (Å²) in [6, 6.07) is 11.1. The summed E-state index contributed by atoms with van der Waals surface area (Å²) in [7, 11) is 0. The van der Waals surface area contributed by atoms with Crippen molar-refractivity contribution in [3.63, 3.8) is 0 Å². The zero-order valence-electron chi connectivity index (χ0n) is 13.0. The summed E-state index contributed by atoms with van der Waals surface area (Å²) in [6.45, 7) is 0. The van der Waals surface area contributed by atoms with Crippen LogP contribution in [0.4, 0.5) is 0 Å². The minimum atomic E-state index is -0.462. The SMILES string of the molecule is N=C(N)NC(=O)c1cn(-c2cnnc3ccccc23)c2ncccc12. The van der Waals surface area contributed by atoms with E-state index in [0.29, 0.717) is 16.6 Å². The molecule has 0 saturated carbocycles. The lowest BCUT2D eigenvalue weighted by Crippen LogP contribution is -2.35. The summed E-state index contributed by atoms with van der Waals surface area (Å²) in [6.07, 6.45) is 4.95. The number of aromatic nitrogens is 4. The van der Waals surface area contributed by atoms with E-state index >= 15 is 0 Å². The summed E-state index contributed by atoms with van der Waals surface area (Å²) in [4.78, 5) is 16.8. The van der Waals surface area contributed by atoms with Crippen LogP contribution in [-0.2, 0) is 0 Å². The molecule has 25 heavy (non-hydrogen) atoms. The minimum Gasteiger partial charge on any atom is -0.370 e. The largest absolute Gasteiger partial charge is 0.370 e. The van der Waals surface area contributed by atoms with Crippen molar-refractivity contribution in [2.45, 2.75) is 0 Å². The van der Waals surface area contributed by atoms with Gasteiger partial charge in [0.25, 0.3) is 5.91 Å². The number of carbonyl (C=O) groups excluding carboxylic acids is 1. The van der Waals surface area contributed by atoms with Crippen molar-refractivity contribution in [3.05, 3.63) is 60.6 Å². The fourth-order valence-electron chi connectivity index (χ4n) is 2.80. The maximum Gasteiger partial charge on any atom is 0.260 e.